The topological polar surface area (TPSA) is 95.2 Å². The number of nitrogens with zero attached hydrogens (tertiary/aromatic N) is 3. The van der Waals surface area contributed by atoms with Crippen LogP contribution in [0.1, 0.15) is 47.4 Å². The Hall–Kier alpha value is -2.15. The van der Waals surface area contributed by atoms with Crippen LogP contribution in [-0.2, 0) is 18.6 Å². The molecule has 0 unspecified atom stereocenters. The second kappa shape index (κ2) is 4.70. The van der Waals surface area contributed by atoms with E-state index in [1.165, 1.54) is 0 Å². The number of nitrogens with one attached hydrogen (secondary N) is 1. The zero-order valence-corrected chi connectivity index (χ0v) is 12.3. The Morgan fingerprint density at radius 3 is 2.95 bits per heavy atom. The van der Waals surface area contributed by atoms with Crippen LogP contribution in [0.15, 0.2) is 10.7 Å². The molecule has 0 aliphatic carbocycles. The number of aromatic nitrogens is 3. The molecular weight excluding hydrogens is 272 g/mol. The van der Waals surface area contributed by atoms with Crippen molar-refractivity contribution in [3.63, 3.8) is 0 Å². The fourth-order valence-corrected chi connectivity index (χ4v) is 2.39. The number of aliphatic hydroxyl groups is 1. The molecule has 1 aliphatic rings. The summed E-state index contributed by atoms with van der Waals surface area (Å²) in [6, 6.07) is 0. The van der Waals surface area contributed by atoms with Crippen molar-refractivity contribution in [1.82, 2.24) is 19.9 Å². The summed E-state index contributed by atoms with van der Waals surface area (Å²) in [6.07, 6.45) is 2.36. The molecule has 0 spiro atoms. The number of carbonyl (C=O) groups excluding carboxylic acids is 1. The number of H-pyrrole nitrogens is 1. The molecule has 3 rings (SSSR count). The molecule has 0 atom stereocenters. The third-order valence-corrected chi connectivity index (χ3v) is 3.58. The van der Waals surface area contributed by atoms with Gasteiger partial charge in [-0.1, -0.05) is 0 Å². The molecule has 2 aromatic rings. The first-order valence-corrected chi connectivity index (χ1v) is 6.87. The Balaban J connectivity index is 1.85. The molecule has 1 aliphatic heterocycles. The van der Waals surface area contributed by atoms with Crippen molar-refractivity contribution in [2.24, 2.45) is 0 Å². The summed E-state index contributed by atoms with van der Waals surface area (Å²) in [5.41, 5.74) is 1.24. The number of rotatable bonds is 2. The molecule has 7 heteroatoms. The van der Waals surface area contributed by atoms with Gasteiger partial charge in [-0.15, -0.1) is 0 Å². The smallest absolute Gasteiger partial charge is 0.291 e. The van der Waals surface area contributed by atoms with Gasteiger partial charge in [0.25, 0.3) is 5.91 Å². The normalized spacial score (nSPS) is 15.1. The SMILES string of the molecule is Cc1nc(C(C)(C)O)oc1C(=O)N1CCc2nc[nH]c2C1. The molecule has 0 fully saturated rings. The fourth-order valence-electron chi connectivity index (χ4n) is 2.39. The largest absolute Gasteiger partial charge is 0.432 e. The highest BCUT2D eigenvalue weighted by molar-refractivity contribution is 5.92. The lowest BCUT2D eigenvalue weighted by Gasteiger charge is -2.25. The van der Waals surface area contributed by atoms with Gasteiger partial charge in [0, 0.05) is 13.0 Å². The van der Waals surface area contributed by atoms with Gasteiger partial charge >= 0.3 is 0 Å². The van der Waals surface area contributed by atoms with Crippen molar-refractivity contribution >= 4 is 5.91 Å². The summed E-state index contributed by atoms with van der Waals surface area (Å²) in [6.45, 7) is 5.92. The highest BCUT2D eigenvalue weighted by Gasteiger charge is 2.30. The minimum absolute atomic E-state index is 0.155. The van der Waals surface area contributed by atoms with Crippen LogP contribution in [0, 0.1) is 6.92 Å². The van der Waals surface area contributed by atoms with Crippen molar-refractivity contribution in [2.45, 2.75) is 39.3 Å². The summed E-state index contributed by atoms with van der Waals surface area (Å²) in [5, 5.41) is 9.93. The first-order valence-electron chi connectivity index (χ1n) is 6.87. The Morgan fingerprint density at radius 2 is 2.29 bits per heavy atom. The first kappa shape index (κ1) is 13.8. The minimum atomic E-state index is -1.21. The monoisotopic (exact) mass is 290 g/mol. The Kier molecular flexibility index (Phi) is 3.09. The zero-order valence-electron chi connectivity index (χ0n) is 12.3. The molecule has 0 radical (unpaired) electrons. The summed E-state index contributed by atoms with van der Waals surface area (Å²) >= 11 is 0. The summed E-state index contributed by atoms with van der Waals surface area (Å²) < 4.78 is 5.49. The molecule has 2 aromatic heterocycles. The number of oxazole rings is 1. The average molecular weight is 290 g/mol. The highest BCUT2D eigenvalue weighted by atomic mass is 16.4. The number of hydrogen-bond donors (Lipinski definition) is 2. The standard InChI is InChI=1S/C14H18N4O3/c1-8-11(21-13(17-8)14(2,3)20)12(19)18-5-4-9-10(6-18)16-7-15-9/h7,20H,4-6H2,1-3H3,(H,15,16). The van der Waals surface area contributed by atoms with E-state index in [4.69, 9.17) is 4.42 Å². The molecule has 7 nitrogen and oxygen atoms in total. The van der Waals surface area contributed by atoms with Crippen LogP contribution in [0.3, 0.4) is 0 Å². The van der Waals surface area contributed by atoms with Gasteiger partial charge in [0.05, 0.1) is 30.0 Å². The molecule has 0 aromatic carbocycles. The van der Waals surface area contributed by atoms with Gasteiger partial charge in [-0.3, -0.25) is 4.79 Å². The number of imidazole rings is 1. The number of aryl methyl sites for hydroxylation is 1. The van der Waals surface area contributed by atoms with Crippen molar-refractivity contribution in [1.29, 1.82) is 0 Å². The molecule has 112 valence electrons. The molecule has 3 heterocycles. The van der Waals surface area contributed by atoms with Crippen molar-refractivity contribution in [3.05, 3.63) is 35.1 Å². The van der Waals surface area contributed by atoms with Crippen molar-refractivity contribution in [3.8, 4) is 0 Å². The van der Waals surface area contributed by atoms with Gasteiger partial charge in [-0.05, 0) is 20.8 Å². The lowest BCUT2D eigenvalue weighted by Crippen LogP contribution is -2.36. The minimum Gasteiger partial charge on any atom is -0.432 e. The van der Waals surface area contributed by atoms with E-state index in [0.717, 1.165) is 17.8 Å². The van der Waals surface area contributed by atoms with E-state index >= 15 is 0 Å². The van der Waals surface area contributed by atoms with Crippen molar-refractivity contribution < 1.29 is 14.3 Å². The van der Waals surface area contributed by atoms with E-state index < -0.39 is 5.60 Å². The molecule has 0 bridgehead atoms. The Bertz CT molecular complexity index is 681. The number of fused-ring (bicyclic) bond motifs is 1. The number of carbonyl (C=O) groups is 1. The van der Waals surface area contributed by atoms with E-state index in [2.05, 4.69) is 15.0 Å². The molecule has 21 heavy (non-hydrogen) atoms. The molecule has 0 saturated carbocycles. The zero-order chi connectivity index (χ0) is 15.2. The molecule has 1 amide bonds. The predicted octanol–water partition coefficient (Wildman–Crippen LogP) is 1.13. The molecule has 0 saturated heterocycles. The van der Waals surface area contributed by atoms with Crippen molar-refractivity contribution in [2.75, 3.05) is 6.54 Å². The summed E-state index contributed by atoms with van der Waals surface area (Å²) in [7, 11) is 0. The summed E-state index contributed by atoms with van der Waals surface area (Å²) in [4.78, 5) is 25.7. The van der Waals surface area contributed by atoms with Gasteiger partial charge in [0.15, 0.2) is 0 Å². The van der Waals surface area contributed by atoms with E-state index in [1.807, 2.05) is 0 Å². The third-order valence-electron chi connectivity index (χ3n) is 3.58. The van der Waals surface area contributed by atoms with E-state index in [1.54, 1.807) is 32.0 Å². The quantitative estimate of drug-likeness (QED) is 0.864. The predicted molar refractivity (Wildman–Crippen MR) is 73.5 cm³/mol. The number of aromatic amines is 1. The van der Waals surface area contributed by atoms with Gasteiger partial charge in [-0.25, -0.2) is 9.97 Å². The lowest BCUT2D eigenvalue weighted by atomic mass is 10.1. The van der Waals surface area contributed by atoms with Crippen LogP contribution in [0.2, 0.25) is 0 Å². The lowest BCUT2D eigenvalue weighted by molar-refractivity contribution is 0.0447. The average Bonchev–Trinajstić information content (AvgIpc) is 3.02. The summed E-state index contributed by atoms with van der Waals surface area (Å²) in [5.74, 6) is 0.133. The molecular formula is C14H18N4O3. The van der Waals surface area contributed by atoms with Crippen LogP contribution < -0.4 is 0 Å². The van der Waals surface area contributed by atoms with Crippen LogP contribution in [-0.4, -0.2) is 37.4 Å². The van der Waals surface area contributed by atoms with Crippen LogP contribution >= 0.6 is 0 Å². The second-order valence-electron chi connectivity index (χ2n) is 5.80. The molecule has 2 N–H and O–H groups in total. The second-order valence-corrected chi connectivity index (χ2v) is 5.80. The van der Waals surface area contributed by atoms with Crippen LogP contribution in [0.5, 0.6) is 0 Å². The van der Waals surface area contributed by atoms with Gasteiger partial charge in [-0.2, -0.15) is 0 Å². The fraction of sp³-hybridized carbons (Fsp3) is 0.500. The van der Waals surface area contributed by atoms with E-state index in [-0.39, 0.29) is 17.6 Å². The maximum Gasteiger partial charge on any atom is 0.291 e. The first-order chi connectivity index (χ1) is 9.86. The Labute approximate surface area is 122 Å². The Morgan fingerprint density at radius 1 is 1.52 bits per heavy atom. The third kappa shape index (κ3) is 2.44. The highest BCUT2D eigenvalue weighted by Crippen LogP contribution is 2.24. The number of hydrogen-bond acceptors (Lipinski definition) is 5. The van der Waals surface area contributed by atoms with E-state index in [0.29, 0.717) is 18.8 Å². The van der Waals surface area contributed by atoms with Crippen LogP contribution in [0.4, 0.5) is 0 Å². The van der Waals surface area contributed by atoms with E-state index in [9.17, 15) is 9.90 Å². The van der Waals surface area contributed by atoms with Gasteiger partial charge < -0.3 is 19.4 Å². The maximum absolute atomic E-state index is 12.6. The van der Waals surface area contributed by atoms with Crippen LogP contribution in [0.25, 0.3) is 0 Å². The maximum atomic E-state index is 12.6. The van der Waals surface area contributed by atoms with Gasteiger partial charge in [0.2, 0.25) is 11.7 Å². The number of amides is 1. The van der Waals surface area contributed by atoms with Gasteiger partial charge in [0.1, 0.15) is 5.60 Å².